The van der Waals surface area contributed by atoms with Gasteiger partial charge < -0.3 is 23.7 Å². The van der Waals surface area contributed by atoms with Crippen LogP contribution < -0.4 is 4.74 Å². The molecule has 0 spiro atoms. The van der Waals surface area contributed by atoms with E-state index in [0.29, 0.717) is 51.1 Å². The Balaban J connectivity index is 1.59. The van der Waals surface area contributed by atoms with Crippen LogP contribution in [0.4, 0.5) is 0 Å². The molecule has 1 aromatic rings. The second-order valence-corrected chi connectivity index (χ2v) is 11.0. The lowest BCUT2D eigenvalue weighted by atomic mass is 9.79. The number of epoxide rings is 1. The first-order valence-corrected chi connectivity index (χ1v) is 12.9. The number of rotatable bonds is 15. The predicted molar refractivity (Wildman–Crippen MR) is 132 cm³/mol. The molecule has 196 valence electrons. The second-order valence-electron chi connectivity index (χ2n) is 11.0. The largest absolute Gasteiger partial charge is 0.465 e. The SMILES string of the molecule is CCC1(COC(=O)C(C)(C)CCC(CC(C)COCC2CO2)c2ccc(OC(C)=O)cc2)COC1. The van der Waals surface area contributed by atoms with E-state index in [1.807, 2.05) is 38.1 Å². The first kappa shape index (κ1) is 27.6. The van der Waals surface area contributed by atoms with E-state index in [1.165, 1.54) is 12.5 Å². The molecule has 35 heavy (non-hydrogen) atoms. The van der Waals surface area contributed by atoms with E-state index < -0.39 is 5.41 Å². The van der Waals surface area contributed by atoms with Crippen LogP contribution in [-0.2, 0) is 28.5 Å². The highest BCUT2D eigenvalue weighted by molar-refractivity contribution is 5.75. The predicted octanol–water partition coefficient (Wildman–Crippen LogP) is 4.91. The molecule has 1 aromatic carbocycles. The van der Waals surface area contributed by atoms with Gasteiger partial charge in [0.15, 0.2) is 0 Å². The Hall–Kier alpha value is -1.96. The minimum absolute atomic E-state index is 0.0150. The second kappa shape index (κ2) is 12.3. The average Bonchev–Trinajstić information content (AvgIpc) is 3.60. The highest BCUT2D eigenvalue weighted by Gasteiger charge is 2.40. The van der Waals surface area contributed by atoms with Gasteiger partial charge in [0, 0.05) is 13.5 Å². The maximum absolute atomic E-state index is 13.0. The third-order valence-corrected chi connectivity index (χ3v) is 7.15. The van der Waals surface area contributed by atoms with Crippen LogP contribution in [0.15, 0.2) is 24.3 Å². The van der Waals surface area contributed by atoms with Gasteiger partial charge in [0.1, 0.15) is 18.5 Å². The van der Waals surface area contributed by atoms with Crippen LogP contribution in [-0.4, -0.2) is 57.7 Å². The van der Waals surface area contributed by atoms with E-state index in [0.717, 1.165) is 25.9 Å². The summed E-state index contributed by atoms with van der Waals surface area (Å²) in [4.78, 5) is 24.2. The van der Waals surface area contributed by atoms with Crippen LogP contribution in [0.3, 0.4) is 0 Å². The first-order valence-electron chi connectivity index (χ1n) is 12.9. The Morgan fingerprint density at radius 3 is 2.43 bits per heavy atom. The molecule has 3 atom stereocenters. The molecule has 0 aliphatic carbocycles. The van der Waals surface area contributed by atoms with Gasteiger partial charge in [0.05, 0.1) is 37.3 Å². The standard InChI is InChI=1S/C28H42O7/c1-6-28(17-32-18-28)19-34-26(30)27(4,5)12-11-23(13-20(2)14-31-15-25-16-33-25)22-7-9-24(10-8-22)35-21(3)29/h7-10,20,23,25H,6,11-19H2,1-5H3. The number of esters is 2. The van der Waals surface area contributed by atoms with Gasteiger partial charge in [0.2, 0.25) is 0 Å². The third-order valence-electron chi connectivity index (χ3n) is 7.15. The van der Waals surface area contributed by atoms with Crippen LogP contribution in [0.25, 0.3) is 0 Å². The summed E-state index contributed by atoms with van der Waals surface area (Å²) < 4.78 is 27.4. The molecule has 7 nitrogen and oxygen atoms in total. The summed E-state index contributed by atoms with van der Waals surface area (Å²) in [7, 11) is 0. The number of hydrogen-bond donors (Lipinski definition) is 0. The van der Waals surface area contributed by atoms with Crippen molar-refractivity contribution < 1.29 is 33.3 Å². The maximum atomic E-state index is 13.0. The molecule has 0 amide bonds. The summed E-state index contributed by atoms with van der Waals surface area (Å²) in [6, 6.07) is 7.70. The Labute approximate surface area is 209 Å². The number of carbonyl (C=O) groups excluding carboxylic acids is 2. The van der Waals surface area contributed by atoms with Gasteiger partial charge in [-0.05, 0) is 69.1 Å². The van der Waals surface area contributed by atoms with Gasteiger partial charge in [-0.1, -0.05) is 26.0 Å². The van der Waals surface area contributed by atoms with E-state index in [2.05, 4.69) is 13.8 Å². The Morgan fingerprint density at radius 1 is 1.20 bits per heavy atom. The zero-order valence-corrected chi connectivity index (χ0v) is 22.0. The molecule has 7 heteroatoms. The van der Waals surface area contributed by atoms with Crippen molar-refractivity contribution in [2.75, 3.05) is 39.6 Å². The first-order chi connectivity index (χ1) is 16.6. The molecule has 2 aliphatic heterocycles. The maximum Gasteiger partial charge on any atom is 0.311 e. The highest BCUT2D eigenvalue weighted by atomic mass is 16.6. The third kappa shape index (κ3) is 8.58. The minimum atomic E-state index is -0.585. The van der Waals surface area contributed by atoms with Crippen LogP contribution in [0.2, 0.25) is 0 Å². The molecular formula is C28H42O7. The monoisotopic (exact) mass is 490 g/mol. The van der Waals surface area contributed by atoms with Crippen molar-refractivity contribution in [2.24, 2.45) is 16.7 Å². The quantitative estimate of drug-likeness (QED) is 0.196. The topological polar surface area (TPSA) is 83.6 Å². The van der Waals surface area contributed by atoms with Gasteiger partial charge in [-0.25, -0.2) is 0 Å². The van der Waals surface area contributed by atoms with E-state index in [9.17, 15) is 9.59 Å². The molecule has 0 N–H and O–H groups in total. The fourth-order valence-electron chi connectivity index (χ4n) is 4.34. The van der Waals surface area contributed by atoms with Gasteiger partial charge in [0.25, 0.3) is 0 Å². The van der Waals surface area contributed by atoms with Crippen molar-refractivity contribution in [1.82, 2.24) is 0 Å². The van der Waals surface area contributed by atoms with Crippen molar-refractivity contribution >= 4 is 11.9 Å². The summed E-state index contributed by atoms with van der Waals surface area (Å²) >= 11 is 0. The summed E-state index contributed by atoms with van der Waals surface area (Å²) in [5, 5.41) is 0. The minimum Gasteiger partial charge on any atom is -0.465 e. The van der Waals surface area contributed by atoms with Gasteiger partial charge in [-0.2, -0.15) is 0 Å². The van der Waals surface area contributed by atoms with E-state index >= 15 is 0 Å². The summed E-state index contributed by atoms with van der Waals surface area (Å²) in [5.41, 5.74) is 0.566. The number of ether oxygens (including phenoxy) is 5. The van der Waals surface area contributed by atoms with E-state index in [-0.39, 0.29) is 29.4 Å². The summed E-state index contributed by atoms with van der Waals surface area (Å²) in [6.45, 7) is 13.5. The lowest BCUT2D eigenvalue weighted by Gasteiger charge is -2.40. The Bertz CT molecular complexity index is 819. The molecule has 0 bridgehead atoms. The molecule has 0 radical (unpaired) electrons. The molecular weight excluding hydrogens is 448 g/mol. The highest BCUT2D eigenvalue weighted by Crippen LogP contribution is 2.37. The van der Waals surface area contributed by atoms with Crippen molar-refractivity contribution in [3.8, 4) is 5.75 Å². The normalized spacial score (nSPS) is 20.4. The fourth-order valence-corrected chi connectivity index (χ4v) is 4.34. The zero-order chi connectivity index (χ0) is 25.5. The fraction of sp³-hybridized carbons (Fsp3) is 0.714. The summed E-state index contributed by atoms with van der Waals surface area (Å²) in [5.74, 6) is 0.645. The van der Waals surface area contributed by atoms with Gasteiger partial charge in [-0.15, -0.1) is 0 Å². The van der Waals surface area contributed by atoms with Crippen molar-refractivity contribution in [1.29, 1.82) is 0 Å². The van der Waals surface area contributed by atoms with Crippen molar-refractivity contribution in [2.45, 2.75) is 72.3 Å². The van der Waals surface area contributed by atoms with E-state index in [1.54, 1.807) is 0 Å². The van der Waals surface area contributed by atoms with Crippen LogP contribution in [0.1, 0.15) is 71.8 Å². The van der Waals surface area contributed by atoms with Crippen molar-refractivity contribution in [3.63, 3.8) is 0 Å². The van der Waals surface area contributed by atoms with Crippen molar-refractivity contribution in [3.05, 3.63) is 29.8 Å². The number of benzene rings is 1. The summed E-state index contributed by atoms with van der Waals surface area (Å²) in [6.07, 6.45) is 3.68. The van der Waals surface area contributed by atoms with Crippen LogP contribution in [0.5, 0.6) is 5.75 Å². The molecule has 0 aromatic heterocycles. The Kier molecular flexibility index (Phi) is 9.73. The van der Waals surface area contributed by atoms with Crippen LogP contribution >= 0.6 is 0 Å². The molecule has 2 saturated heterocycles. The molecule has 2 aliphatic rings. The Morgan fingerprint density at radius 2 is 1.89 bits per heavy atom. The van der Waals surface area contributed by atoms with E-state index in [4.69, 9.17) is 23.7 Å². The molecule has 2 heterocycles. The van der Waals surface area contributed by atoms with Crippen LogP contribution in [0, 0.1) is 16.7 Å². The molecule has 3 rings (SSSR count). The van der Waals surface area contributed by atoms with Gasteiger partial charge >= 0.3 is 11.9 Å². The smallest absolute Gasteiger partial charge is 0.311 e. The lowest BCUT2D eigenvalue weighted by Crippen LogP contribution is -2.47. The number of hydrogen-bond acceptors (Lipinski definition) is 7. The van der Waals surface area contributed by atoms with Gasteiger partial charge in [-0.3, -0.25) is 9.59 Å². The molecule has 0 saturated carbocycles. The molecule has 2 fully saturated rings. The average molecular weight is 491 g/mol. The number of carbonyl (C=O) groups is 2. The zero-order valence-electron chi connectivity index (χ0n) is 22.0. The molecule has 3 unspecified atom stereocenters. The lowest BCUT2D eigenvalue weighted by molar-refractivity contribution is -0.178.